The Morgan fingerprint density at radius 3 is 1.39 bits per heavy atom. The Morgan fingerprint density at radius 2 is 1.04 bits per heavy atom. The van der Waals surface area contributed by atoms with Crippen LogP contribution in [-0.4, -0.2) is 101 Å². The van der Waals surface area contributed by atoms with E-state index in [1.807, 2.05) is 20.8 Å². The van der Waals surface area contributed by atoms with Crippen molar-refractivity contribution in [3.63, 3.8) is 0 Å². The average molecular weight is 396 g/mol. The Kier molecular flexibility index (Phi) is 7.26. The van der Waals surface area contributed by atoms with Crippen LogP contribution in [0.25, 0.3) is 0 Å². The maximum absolute atomic E-state index is 12.4. The molecule has 158 valence electrons. The van der Waals surface area contributed by atoms with Gasteiger partial charge in [-0.2, -0.15) is 0 Å². The monoisotopic (exact) mass is 396 g/mol. The first-order valence-electron chi connectivity index (χ1n) is 9.86. The summed E-state index contributed by atoms with van der Waals surface area (Å²) >= 11 is 0. The van der Waals surface area contributed by atoms with Crippen molar-refractivity contribution in [2.75, 3.05) is 52.4 Å². The van der Waals surface area contributed by atoms with Gasteiger partial charge in [0.25, 0.3) is 0 Å². The first-order chi connectivity index (χ1) is 13.1. The molecule has 2 rings (SSSR count). The Balaban J connectivity index is 1.69. The molecule has 0 aromatic heterocycles. The highest BCUT2D eigenvalue weighted by atomic mass is 16.6. The van der Waals surface area contributed by atoms with Crippen LogP contribution in [0.5, 0.6) is 0 Å². The van der Waals surface area contributed by atoms with Crippen LogP contribution in [0.4, 0.5) is 4.79 Å². The van der Waals surface area contributed by atoms with Crippen molar-refractivity contribution in [2.24, 2.45) is 0 Å². The van der Waals surface area contributed by atoms with E-state index in [1.165, 1.54) is 6.92 Å². The lowest BCUT2D eigenvalue weighted by Crippen LogP contribution is -2.52. The molecule has 2 aliphatic rings. The minimum atomic E-state index is -0.541. The zero-order valence-corrected chi connectivity index (χ0v) is 17.4. The predicted molar refractivity (Wildman–Crippen MR) is 102 cm³/mol. The van der Waals surface area contributed by atoms with Gasteiger partial charge in [0, 0.05) is 72.1 Å². The van der Waals surface area contributed by atoms with E-state index in [4.69, 9.17) is 4.74 Å². The van der Waals surface area contributed by atoms with Crippen LogP contribution < -0.4 is 0 Å². The molecule has 0 aliphatic carbocycles. The topological polar surface area (TPSA) is 90.5 Å². The Bertz CT molecular complexity index is 600. The second kappa shape index (κ2) is 9.25. The smallest absolute Gasteiger partial charge is 0.410 e. The lowest BCUT2D eigenvalue weighted by Gasteiger charge is -2.36. The van der Waals surface area contributed by atoms with Gasteiger partial charge in [0.1, 0.15) is 5.60 Å². The van der Waals surface area contributed by atoms with E-state index in [0.29, 0.717) is 52.4 Å². The molecule has 0 unspecified atom stereocenters. The Morgan fingerprint density at radius 1 is 0.679 bits per heavy atom. The fraction of sp³-hybridized carbons (Fsp3) is 0.789. The summed E-state index contributed by atoms with van der Waals surface area (Å²) in [4.78, 5) is 54.9. The molecule has 2 saturated heterocycles. The molecular formula is C19H32N4O5. The van der Waals surface area contributed by atoms with Crippen LogP contribution in [0.1, 0.15) is 40.5 Å². The molecule has 9 heteroatoms. The molecule has 0 radical (unpaired) electrons. The summed E-state index contributed by atoms with van der Waals surface area (Å²) in [7, 11) is 0. The highest BCUT2D eigenvalue weighted by Crippen LogP contribution is 2.13. The number of amides is 4. The third-order valence-electron chi connectivity index (χ3n) is 4.91. The van der Waals surface area contributed by atoms with E-state index >= 15 is 0 Å². The minimum absolute atomic E-state index is 0.0211. The molecule has 0 aromatic carbocycles. The molecule has 2 heterocycles. The quantitative estimate of drug-likeness (QED) is 0.694. The molecule has 0 bridgehead atoms. The van der Waals surface area contributed by atoms with Gasteiger partial charge in [-0.15, -0.1) is 0 Å². The van der Waals surface area contributed by atoms with Crippen LogP contribution >= 0.6 is 0 Å². The second-order valence-electron chi connectivity index (χ2n) is 8.24. The van der Waals surface area contributed by atoms with Gasteiger partial charge < -0.3 is 24.3 Å². The van der Waals surface area contributed by atoms with Crippen molar-refractivity contribution >= 4 is 23.8 Å². The van der Waals surface area contributed by atoms with Gasteiger partial charge in [-0.25, -0.2) is 4.79 Å². The number of hydrogen-bond donors (Lipinski definition) is 0. The van der Waals surface area contributed by atoms with Crippen molar-refractivity contribution in [2.45, 2.75) is 46.1 Å². The van der Waals surface area contributed by atoms with Gasteiger partial charge in [0.05, 0.1) is 0 Å². The predicted octanol–water partition coefficient (Wildman–Crippen LogP) is 0.537. The number of carbonyl (C=O) groups excluding carboxylic acids is 4. The maximum atomic E-state index is 12.4. The fourth-order valence-corrected chi connectivity index (χ4v) is 3.27. The summed E-state index contributed by atoms with van der Waals surface area (Å²) in [5, 5.41) is 0. The molecule has 0 N–H and O–H groups in total. The van der Waals surface area contributed by atoms with Crippen LogP contribution in [0.15, 0.2) is 0 Å². The zero-order chi connectivity index (χ0) is 20.9. The SMILES string of the molecule is CC(=O)N1CCN(C(=O)CCC(=O)N2CCN(C(=O)OC(C)(C)C)CC2)CC1. The number of piperazine rings is 2. The van der Waals surface area contributed by atoms with E-state index in [9.17, 15) is 19.2 Å². The van der Waals surface area contributed by atoms with Crippen LogP contribution in [-0.2, 0) is 19.1 Å². The van der Waals surface area contributed by atoms with Crippen molar-refractivity contribution in [3.05, 3.63) is 0 Å². The van der Waals surface area contributed by atoms with E-state index in [0.717, 1.165) is 0 Å². The lowest BCUT2D eigenvalue weighted by atomic mass is 10.2. The van der Waals surface area contributed by atoms with E-state index < -0.39 is 5.60 Å². The van der Waals surface area contributed by atoms with Gasteiger partial charge >= 0.3 is 6.09 Å². The van der Waals surface area contributed by atoms with Gasteiger partial charge in [0.15, 0.2) is 0 Å². The highest BCUT2D eigenvalue weighted by molar-refractivity contribution is 5.84. The Hall–Kier alpha value is -2.32. The molecule has 0 spiro atoms. The molecular weight excluding hydrogens is 364 g/mol. The molecule has 9 nitrogen and oxygen atoms in total. The molecule has 28 heavy (non-hydrogen) atoms. The summed E-state index contributed by atoms with van der Waals surface area (Å²) in [5.41, 5.74) is -0.541. The molecule has 0 aromatic rings. The molecule has 2 aliphatic heterocycles. The molecule has 4 amide bonds. The van der Waals surface area contributed by atoms with Gasteiger partial charge in [0.2, 0.25) is 17.7 Å². The lowest BCUT2D eigenvalue weighted by molar-refractivity contribution is -0.140. The van der Waals surface area contributed by atoms with E-state index in [2.05, 4.69) is 0 Å². The number of hydrogen-bond acceptors (Lipinski definition) is 5. The molecule has 2 fully saturated rings. The van der Waals surface area contributed by atoms with Crippen molar-refractivity contribution < 1.29 is 23.9 Å². The van der Waals surface area contributed by atoms with Gasteiger partial charge in [-0.1, -0.05) is 0 Å². The average Bonchev–Trinajstić information content (AvgIpc) is 2.64. The van der Waals surface area contributed by atoms with Crippen molar-refractivity contribution in [3.8, 4) is 0 Å². The van der Waals surface area contributed by atoms with Crippen molar-refractivity contribution in [1.29, 1.82) is 0 Å². The van der Waals surface area contributed by atoms with Gasteiger partial charge in [-0.05, 0) is 20.8 Å². The fourth-order valence-electron chi connectivity index (χ4n) is 3.27. The van der Waals surface area contributed by atoms with E-state index in [1.54, 1.807) is 19.6 Å². The summed E-state index contributed by atoms with van der Waals surface area (Å²) < 4.78 is 5.35. The third kappa shape index (κ3) is 6.38. The summed E-state index contributed by atoms with van der Waals surface area (Å²) in [6.07, 6.45) is -0.0249. The normalized spacial score (nSPS) is 18.1. The Labute approximate surface area is 166 Å². The molecule has 0 saturated carbocycles. The maximum Gasteiger partial charge on any atom is 0.410 e. The third-order valence-corrected chi connectivity index (χ3v) is 4.91. The summed E-state index contributed by atoms with van der Waals surface area (Å²) in [5.74, 6) is -0.101. The number of carbonyl (C=O) groups is 4. The van der Waals surface area contributed by atoms with Crippen LogP contribution in [0.3, 0.4) is 0 Å². The zero-order valence-electron chi connectivity index (χ0n) is 17.4. The second-order valence-corrected chi connectivity index (χ2v) is 8.24. The van der Waals surface area contributed by atoms with Crippen LogP contribution in [0, 0.1) is 0 Å². The first-order valence-corrected chi connectivity index (χ1v) is 9.86. The largest absolute Gasteiger partial charge is 0.444 e. The van der Waals surface area contributed by atoms with Crippen molar-refractivity contribution in [1.82, 2.24) is 19.6 Å². The van der Waals surface area contributed by atoms with Crippen LogP contribution in [0.2, 0.25) is 0 Å². The number of ether oxygens (including phenoxy) is 1. The first kappa shape index (κ1) is 22.0. The van der Waals surface area contributed by atoms with Gasteiger partial charge in [-0.3, -0.25) is 14.4 Å². The highest BCUT2D eigenvalue weighted by Gasteiger charge is 2.28. The summed E-state index contributed by atoms with van der Waals surface area (Å²) in [6, 6.07) is 0. The summed E-state index contributed by atoms with van der Waals surface area (Å²) in [6.45, 7) is 10.9. The van der Waals surface area contributed by atoms with E-state index in [-0.39, 0.29) is 36.7 Å². The minimum Gasteiger partial charge on any atom is -0.444 e. The number of rotatable bonds is 3. The molecule has 0 atom stereocenters. The number of nitrogens with zero attached hydrogens (tertiary/aromatic N) is 4. The standard InChI is InChI=1S/C19H32N4O5/c1-15(24)20-7-9-21(10-8-20)16(25)5-6-17(26)22-11-13-23(14-12-22)18(27)28-19(2,3)4/h5-14H2,1-4H3.